The molecule has 0 saturated heterocycles. The molecule has 0 spiro atoms. The molecule has 1 aliphatic rings. The van der Waals surface area contributed by atoms with E-state index in [1.54, 1.807) is 18.4 Å². The second-order valence-corrected chi connectivity index (χ2v) is 9.97. The lowest BCUT2D eigenvalue weighted by Gasteiger charge is -2.10. The number of rotatable bonds is 8. The number of methoxy groups -OCH3 is 1. The molecular formula is C29H25N5O3S. The van der Waals surface area contributed by atoms with E-state index < -0.39 is 0 Å². The SMILES string of the molecule is COc1ccc2nc(Cc3cc(Cc4ccccc4)nc(Nc4ccc(C5CC5)cc4)n3)sc2n1.O=C=O. The molecule has 1 saturated carbocycles. The fraction of sp³-hybridized carbons (Fsp3) is 0.207. The lowest BCUT2D eigenvalue weighted by atomic mass is 10.1. The average Bonchev–Trinajstić information content (AvgIpc) is 3.69. The second-order valence-electron chi connectivity index (χ2n) is 8.90. The molecule has 0 amide bonds. The van der Waals surface area contributed by atoms with E-state index in [-0.39, 0.29) is 6.15 Å². The first-order chi connectivity index (χ1) is 18.6. The zero-order valence-electron chi connectivity index (χ0n) is 20.8. The van der Waals surface area contributed by atoms with Gasteiger partial charge in [-0.1, -0.05) is 53.8 Å². The maximum atomic E-state index is 8.12. The maximum absolute atomic E-state index is 8.12. The van der Waals surface area contributed by atoms with Crippen LogP contribution in [0.1, 0.15) is 46.3 Å². The highest BCUT2D eigenvalue weighted by atomic mass is 32.1. The Morgan fingerprint density at radius 2 is 1.61 bits per heavy atom. The molecule has 38 heavy (non-hydrogen) atoms. The van der Waals surface area contributed by atoms with Crippen molar-refractivity contribution >= 4 is 39.5 Å². The highest BCUT2D eigenvalue weighted by Gasteiger charge is 2.23. The molecule has 8 nitrogen and oxygen atoms in total. The Balaban J connectivity index is 0.000000937. The second kappa shape index (κ2) is 11.7. The van der Waals surface area contributed by atoms with Crippen LogP contribution >= 0.6 is 11.3 Å². The normalized spacial score (nSPS) is 12.3. The molecule has 0 bridgehead atoms. The molecule has 0 unspecified atom stereocenters. The first-order valence-corrected chi connectivity index (χ1v) is 13.0. The van der Waals surface area contributed by atoms with Gasteiger partial charge in [-0.25, -0.2) is 19.9 Å². The Bertz CT molecular complexity index is 1560. The molecule has 9 heteroatoms. The summed E-state index contributed by atoms with van der Waals surface area (Å²) in [5, 5.41) is 4.38. The van der Waals surface area contributed by atoms with Crippen LogP contribution < -0.4 is 10.1 Å². The van der Waals surface area contributed by atoms with Crippen LogP contribution in [0.15, 0.2) is 72.8 Å². The average molecular weight is 524 g/mol. The van der Waals surface area contributed by atoms with Crippen molar-refractivity contribution in [1.82, 2.24) is 19.9 Å². The van der Waals surface area contributed by atoms with Gasteiger partial charge in [-0.2, -0.15) is 9.59 Å². The molecule has 1 fully saturated rings. The maximum Gasteiger partial charge on any atom is 0.373 e. The lowest BCUT2D eigenvalue weighted by molar-refractivity contribution is -0.191. The predicted octanol–water partition coefficient (Wildman–Crippen LogP) is 5.71. The van der Waals surface area contributed by atoms with Gasteiger partial charge in [-0.05, 0) is 54.2 Å². The molecule has 5 aromatic rings. The Morgan fingerprint density at radius 1 is 0.895 bits per heavy atom. The number of ether oxygens (including phenoxy) is 1. The number of carbonyl (C=O) groups excluding carboxylic acids is 2. The third kappa shape index (κ3) is 6.45. The molecule has 0 atom stereocenters. The number of aromatic nitrogens is 4. The summed E-state index contributed by atoms with van der Waals surface area (Å²) in [5.74, 6) is 1.94. The Labute approximate surface area is 223 Å². The highest BCUT2D eigenvalue weighted by molar-refractivity contribution is 7.18. The van der Waals surface area contributed by atoms with Crippen LogP contribution in [0.2, 0.25) is 0 Å². The summed E-state index contributed by atoms with van der Waals surface area (Å²) >= 11 is 1.57. The standard InChI is InChI=1S/C28H25N5OS.CO2/c1-34-25-14-13-24-27(33-25)35-26(32-24)17-23-16-22(15-18-5-3-2-4-6-18)30-28(31-23)29-21-11-9-20(10-12-21)19-7-8-19;2-1-3/h2-6,9-14,16,19H,7-8,15,17H2,1H3,(H,29,30,31);. The number of nitrogens with zero attached hydrogens (tertiary/aromatic N) is 4. The van der Waals surface area contributed by atoms with Crippen LogP contribution in [-0.4, -0.2) is 33.2 Å². The van der Waals surface area contributed by atoms with Crippen molar-refractivity contribution < 1.29 is 14.3 Å². The van der Waals surface area contributed by atoms with Gasteiger partial charge >= 0.3 is 6.15 Å². The molecule has 190 valence electrons. The summed E-state index contributed by atoms with van der Waals surface area (Å²) in [5.41, 5.74) is 6.39. The third-order valence-corrected chi connectivity index (χ3v) is 7.06. The van der Waals surface area contributed by atoms with Crippen LogP contribution in [0.5, 0.6) is 5.88 Å². The molecule has 6 rings (SSSR count). The molecule has 3 aromatic heterocycles. The topological polar surface area (TPSA) is 107 Å². The van der Waals surface area contributed by atoms with Gasteiger partial charge < -0.3 is 10.1 Å². The van der Waals surface area contributed by atoms with Gasteiger partial charge in [0.2, 0.25) is 11.8 Å². The molecule has 1 aliphatic carbocycles. The predicted molar refractivity (Wildman–Crippen MR) is 145 cm³/mol. The summed E-state index contributed by atoms with van der Waals surface area (Å²) in [6, 6.07) is 24.9. The zero-order chi connectivity index (χ0) is 26.3. The van der Waals surface area contributed by atoms with Crippen LogP contribution in [0, 0.1) is 0 Å². The summed E-state index contributed by atoms with van der Waals surface area (Å²) in [7, 11) is 1.62. The van der Waals surface area contributed by atoms with Crippen LogP contribution in [0.25, 0.3) is 10.3 Å². The summed E-state index contributed by atoms with van der Waals surface area (Å²) in [6.45, 7) is 0. The van der Waals surface area contributed by atoms with Gasteiger partial charge in [-0.3, -0.25) is 0 Å². The van der Waals surface area contributed by atoms with Gasteiger partial charge in [0.05, 0.1) is 18.5 Å². The molecule has 0 aliphatic heterocycles. The summed E-state index contributed by atoms with van der Waals surface area (Å²) < 4.78 is 5.26. The lowest BCUT2D eigenvalue weighted by Crippen LogP contribution is -2.05. The van der Waals surface area contributed by atoms with Crippen molar-refractivity contribution in [3.05, 3.63) is 100 Å². The minimum atomic E-state index is 0.250. The van der Waals surface area contributed by atoms with Crippen LogP contribution in [0.4, 0.5) is 11.6 Å². The Morgan fingerprint density at radius 3 is 2.29 bits per heavy atom. The van der Waals surface area contributed by atoms with Gasteiger partial charge in [0, 0.05) is 24.6 Å². The highest BCUT2D eigenvalue weighted by Crippen LogP contribution is 2.40. The fourth-order valence-corrected chi connectivity index (χ4v) is 5.11. The number of anilines is 2. The van der Waals surface area contributed by atoms with Crippen molar-refractivity contribution in [2.24, 2.45) is 0 Å². The van der Waals surface area contributed by atoms with Crippen molar-refractivity contribution in [2.45, 2.75) is 31.6 Å². The molecule has 0 radical (unpaired) electrons. The Kier molecular flexibility index (Phi) is 7.78. The smallest absolute Gasteiger partial charge is 0.373 e. The zero-order valence-corrected chi connectivity index (χ0v) is 21.6. The van der Waals surface area contributed by atoms with Gasteiger partial charge in [0.25, 0.3) is 0 Å². The molecular weight excluding hydrogens is 498 g/mol. The van der Waals surface area contributed by atoms with Crippen molar-refractivity contribution in [3.63, 3.8) is 0 Å². The third-order valence-electron chi connectivity index (χ3n) is 6.09. The van der Waals surface area contributed by atoms with E-state index >= 15 is 0 Å². The number of pyridine rings is 1. The number of thiazole rings is 1. The van der Waals surface area contributed by atoms with E-state index in [9.17, 15) is 0 Å². The Hall–Kier alpha value is -4.46. The first-order valence-electron chi connectivity index (χ1n) is 12.2. The molecule has 2 aromatic carbocycles. The van der Waals surface area contributed by atoms with Gasteiger partial charge in [0.15, 0.2) is 0 Å². The van der Waals surface area contributed by atoms with E-state index in [1.165, 1.54) is 24.0 Å². The van der Waals surface area contributed by atoms with Crippen LogP contribution in [-0.2, 0) is 22.4 Å². The number of fused-ring (bicyclic) bond motifs is 1. The quantitative estimate of drug-likeness (QED) is 0.276. The van der Waals surface area contributed by atoms with Gasteiger partial charge in [-0.15, -0.1) is 0 Å². The number of nitrogens with one attached hydrogen (secondary N) is 1. The van der Waals surface area contributed by atoms with Crippen molar-refractivity contribution in [2.75, 3.05) is 12.4 Å². The van der Waals surface area contributed by atoms with E-state index in [2.05, 4.69) is 64.9 Å². The minimum absolute atomic E-state index is 0.250. The van der Waals surface area contributed by atoms with Gasteiger partial charge in [0.1, 0.15) is 15.4 Å². The number of benzene rings is 2. The fourth-order valence-electron chi connectivity index (χ4n) is 4.17. The van der Waals surface area contributed by atoms with E-state index in [1.807, 2.05) is 18.2 Å². The monoisotopic (exact) mass is 523 g/mol. The largest absolute Gasteiger partial charge is 0.481 e. The first kappa shape index (κ1) is 25.2. The van der Waals surface area contributed by atoms with E-state index in [0.717, 1.165) is 44.8 Å². The van der Waals surface area contributed by atoms with Crippen molar-refractivity contribution in [1.29, 1.82) is 0 Å². The van der Waals surface area contributed by atoms with E-state index in [4.69, 9.17) is 29.3 Å². The minimum Gasteiger partial charge on any atom is -0.481 e. The molecule has 3 heterocycles. The summed E-state index contributed by atoms with van der Waals surface area (Å²) in [6.07, 6.45) is 4.21. The van der Waals surface area contributed by atoms with Crippen LogP contribution in [0.3, 0.4) is 0 Å². The van der Waals surface area contributed by atoms with Crippen molar-refractivity contribution in [3.8, 4) is 5.88 Å². The van der Waals surface area contributed by atoms with E-state index in [0.29, 0.717) is 18.2 Å². The number of hydrogen-bond acceptors (Lipinski definition) is 9. The molecule has 1 N–H and O–H groups in total. The summed E-state index contributed by atoms with van der Waals surface area (Å²) in [4.78, 5) is 36.1. The number of hydrogen-bond donors (Lipinski definition) is 1.